The van der Waals surface area contributed by atoms with Crippen molar-refractivity contribution in [3.05, 3.63) is 39.7 Å². The van der Waals surface area contributed by atoms with Crippen LogP contribution >= 0.6 is 0 Å². The maximum Gasteiger partial charge on any atom is 0.310 e. The molecular weight excluding hydrogens is 308 g/mol. The van der Waals surface area contributed by atoms with Crippen LogP contribution < -0.4 is 10.2 Å². The summed E-state index contributed by atoms with van der Waals surface area (Å²) in [7, 11) is 2.45. The van der Waals surface area contributed by atoms with Crippen molar-refractivity contribution in [2.45, 2.75) is 25.3 Å². The van der Waals surface area contributed by atoms with Gasteiger partial charge in [0.2, 0.25) is 5.82 Å². The second-order valence-electron chi connectivity index (χ2n) is 5.48. The Morgan fingerprint density at radius 2 is 2.04 bits per heavy atom. The van der Waals surface area contributed by atoms with Crippen molar-refractivity contribution in [3.63, 3.8) is 0 Å². The van der Waals surface area contributed by atoms with E-state index in [2.05, 4.69) is 4.74 Å². The largest absolute Gasteiger partial charge is 0.491 e. The Bertz CT molecular complexity index is 856. The van der Waals surface area contributed by atoms with Gasteiger partial charge in [-0.25, -0.2) is 4.39 Å². The van der Waals surface area contributed by atoms with E-state index >= 15 is 0 Å². The van der Waals surface area contributed by atoms with Gasteiger partial charge in [-0.1, -0.05) is 0 Å². The molecular formula is C16H15F2NO4. The van der Waals surface area contributed by atoms with Crippen LogP contribution in [0.1, 0.15) is 24.4 Å². The molecule has 5 nitrogen and oxygen atoms in total. The molecule has 7 heteroatoms. The molecule has 1 aliphatic carbocycles. The number of ether oxygens (including phenoxy) is 2. The molecule has 0 radical (unpaired) electrons. The Hall–Kier alpha value is -2.44. The standard InChI is InChI=1S/C16H15F2NO4/c1-22-12(20)5-8-7-19(9-3-4-9)14-10(15(8)21)6-11(17)13(18)16(14)23-2/h6-7,9H,3-5H2,1-2H3. The zero-order chi connectivity index (χ0) is 16.7. The van der Waals surface area contributed by atoms with Crippen molar-refractivity contribution in [2.24, 2.45) is 0 Å². The number of benzene rings is 1. The summed E-state index contributed by atoms with van der Waals surface area (Å²) >= 11 is 0. The number of fused-ring (bicyclic) bond motifs is 1. The van der Waals surface area contributed by atoms with Crippen LogP contribution in [0.15, 0.2) is 17.1 Å². The van der Waals surface area contributed by atoms with E-state index in [9.17, 15) is 18.4 Å². The molecule has 1 aliphatic rings. The lowest BCUT2D eigenvalue weighted by Gasteiger charge is -2.16. The van der Waals surface area contributed by atoms with E-state index in [1.807, 2.05) is 0 Å². The highest BCUT2D eigenvalue weighted by atomic mass is 19.2. The smallest absolute Gasteiger partial charge is 0.310 e. The fraction of sp³-hybridized carbons (Fsp3) is 0.375. The summed E-state index contributed by atoms with van der Waals surface area (Å²) in [5.41, 5.74) is -0.128. The predicted molar refractivity (Wildman–Crippen MR) is 78.7 cm³/mol. The summed E-state index contributed by atoms with van der Waals surface area (Å²) in [6.07, 6.45) is 3.01. The Balaban J connectivity index is 2.35. The van der Waals surface area contributed by atoms with Crippen LogP contribution in [-0.2, 0) is 16.0 Å². The van der Waals surface area contributed by atoms with Crippen LogP contribution in [0.3, 0.4) is 0 Å². The monoisotopic (exact) mass is 323 g/mol. The summed E-state index contributed by atoms with van der Waals surface area (Å²) in [6.45, 7) is 0. The number of nitrogens with zero attached hydrogens (tertiary/aromatic N) is 1. The molecule has 0 unspecified atom stereocenters. The third kappa shape index (κ3) is 2.56. The van der Waals surface area contributed by atoms with E-state index in [4.69, 9.17) is 4.74 Å². The molecule has 1 aromatic heterocycles. The number of aromatic nitrogens is 1. The molecule has 0 N–H and O–H groups in total. The van der Waals surface area contributed by atoms with E-state index in [1.165, 1.54) is 20.4 Å². The fourth-order valence-electron chi connectivity index (χ4n) is 2.67. The van der Waals surface area contributed by atoms with Gasteiger partial charge in [0, 0.05) is 17.8 Å². The molecule has 1 aromatic carbocycles. The van der Waals surface area contributed by atoms with Crippen LogP contribution in [0.4, 0.5) is 8.78 Å². The van der Waals surface area contributed by atoms with Crippen molar-refractivity contribution in [1.29, 1.82) is 0 Å². The van der Waals surface area contributed by atoms with Gasteiger partial charge in [-0.05, 0) is 18.9 Å². The minimum atomic E-state index is -1.16. The summed E-state index contributed by atoms with van der Waals surface area (Å²) in [6, 6.07) is 0.933. The lowest BCUT2D eigenvalue weighted by Crippen LogP contribution is -2.19. The second-order valence-corrected chi connectivity index (χ2v) is 5.48. The van der Waals surface area contributed by atoms with Gasteiger partial charge in [-0.2, -0.15) is 4.39 Å². The Labute approximate surface area is 130 Å². The fourth-order valence-corrected chi connectivity index (χ4v) is 2.67. The maximum absolute atomic E-state index is 14.0. The van der Waals surface area contributed by atoms with E-state index in [-0.39, 0.29) is 34.7 Å². The summed E-state index contributed by atoms with van der Waals surface area (Å²) < 4.78 is 39.1. The first-order valence-corrected chi connectivity index (χ1v) is 7.14. The normalized spacial score (nSPS) is 14.1. The van der Waals surface area contributed by atoms with Crippen LogP contribution in [-0.4, -0.2) is 24.8 Å². The molecule has 0 aliphatic heterocycles. The molecule has 2 aromatic rings. The number of methoxy groups -OCH3 is 2. The molecule has 1 heterocycles. The van der Waals surface area contributed by atoms with Crippen molar-refractivity contribution >= 4 is 16.9 Å². The van der Waals surface area contributed by atoms with Gasteiger partial charge in [0.1, 0.15) is 0 Å². The molecule has 1 fully saturated rings. The molecule has 1 saturated carbocycles. The van der Waals surface area contributed by atoms with Gasteiger partial charge in [0.05, 0.1) is 31.5 Å². The molecule has 0 spiro atoms. The van der Waals surface area contributed by atoms with Gasteiger partial charge < -0.3 is 14.0 Å². The van der Waals surface area contributed by atoms with Crippen molar-refractivity contribution in [3.8, 4) is 5.75 Å². The van der Waals surface area contributed by atoms with E-state index in [0.717, 1.165) is 18.9 Å². The van der Waals surface area contributed by atoms with Gasteiger partial charge >= 0.3 is 5.97 Å². The average Bonchev–Trinajstić information content (AvgIpc) is 3.36. The highest BCUT2D eigenvalue weighted by Gasteiger charge is 2.29. The zero-order valence-corrected chi connectivity index (χ0v) is 12.7. The predicted octanol–water partition coefficient (Wildman–Crippen LogP) is 2.34. The number of hydrogen-bond donors (Lipinski definition) is 0. The lowest BCUT2D eigenvalue weighted by molar-refractivity contribution is -0.139. The van der Waals surface area contributed by atoms with Crippen molar-refractivity contribution in [2.75, 3.05) is 14.2 Å². The first-order chi connectivity index (χ1) is 11.0. The molecule has 0 atom stereocenters. The van der Waals surface area contributed by atoms with E-state index < -0.39 is 23.0 Å². The number of pyridine rings is 1. The SMILES string of the molecule is COC(=O)Cc1cn(C2CC2)c2c(OC)c(F)c(F)cc2c1=O. The second kappa shape index (κ2) is 5.64. The van der Waals surface area contributed by atoms with Gasteiger partial charge in [0.15, 0.2) is 17.0 Å². The number of halogens is 2. The van der Waals surface area contributed by atoms with Gasteiger partial charge in [-0.3, -0.25) is 9.59 Å². The molecule has 0 bridgehead atoms. The van der Waals surface area contributed by atoms with Crippen LogP contribution in [0, 0.1) is 11.6 Å². The summed E-state index contributed by atoms with van der Waals surface area (Å²) in [4.78, 5) is 24.0. The van der Waals surface area contributed by atoms with Crippen LogP contribution in [0.2, 0.25) is 0 Å². The number of esters is 1. The quantitative estimate of drug-likeness (QED) is 0.811. The molecule has 23 heavy (non-hydrogen) atoms. The average molecular weight is 323 g/mol. The van der Waals surface area contributed by atoms with E-state index in [1.54, 1.807) is 4.57 Å². The molecule has 3 rings (SSSR count). The maximum atomic E-state index is 14.0. The molecule has 122 valence electrons. The topological polar surface area (TPSA) is 57.5 Å². The summed E-state index contributed by atoms with van der Waals surface area (Å²) in [5.74, 6) is -3.16. The first kappa shape index (κ1) is 15.5. The third-order valence-corrected chi connectivity index (χ3v) is 3.95. The Morgan fingerprint density at radius 1 is 1.35 bits per heavy atom. The van der Waals surface area contributed by atoms with Gasteiger partial charge in [0.25, 0.3) is 0 Å². The Kier molecular flexibility index (Phi) is 3.79. The number of carbonyl (C=O) groups is 1. The molecule has 0 saturated heterocycles. The highest BCUT2D eigenvalue weighted by Crippen LogP contribution is 2.40. The van der Waals surface area contributed by atoms with Crippen LogP contribution in [0.5, 0.6) is 5.75 Å². The lowest BCUT2D eigenvalue weighted by atomic mass is 10.1. The minimum Gasteiger partial charge on any atom is -0.491 e. The Morgan fingerprint density at radius 3 is 2.61 bits per heavy atom. The minimum absolute atomic E-state index is 0.00551. The number of rotatable bonds is 4. The highest BCUT2D eigenvalue weighted by molar-refractivity contribution is 5.87. The first-order valence-electron chi connectivity index (χ1n) is 7.14. The van der Waals surface area contributed by atoms with Crippen molar-refractivity contribution in [1.82, 2.24) is 4.57 Å². The number of carbonyl (C=O) groups excluding carboxylic acids is 1. The zero-order valence-electron chi connectivity index (χ0n) is 12.7. The molecule has 0 amide bonds. The van der Waals surface area contributed by atoms with Crippen molar-refractivity contribution < 1.29 is 23.0 Å². The van der Waals surface area contributed by atoms with Gasteiger partial charge in [-0.15, -0.1) is 0 Å². The van der Waals surface area contributed by atoms with Crippen LogP contribution in [0.25, 0.3) is 10.9 Å². The number of hydrogen-bond acceptors (Lipinski definition) is 4. The summed E-state index contributed by atoms with van der Waals surface area (Å²) in [5, 5.41) is -0.00551. The van der Waals surface area contributed by atoms with E-state index in [0.29, 0.717) is 0 Å². The third-order valence-electron chi connectivity index (χ3n) is 3.95.